The lowest BCUT2D eigenvalue weighted by Gasteiger charge is -2.17. The lowest BCUT2D eigenvalue weighted by atomic mass is 10.3. The molecule has 0 heterocycles. The van der Waals surface area contributed by atoms with Crippen LogP contribution < -0.4 is 0 Å². The van der Waals surface area contributed by atoms with Crippen LogP contribution in [-0.2, 0) is 14.3 Å². The number of carboxylic acid groups (broad SMARTS) is 1. The van der Waals surface area contributed by atoms with E-state index in [9.17, 15) is 4.79 Å². The van der Waals surface area contributed by atoms with Crippen LogP contribution in [0, 0.1) is 0 Å². The van der Waals surface area contributed by atoms with Gasteiger partial charge in [-0.05, 0) is 12.8 Å². The second-order valence-electron chi connectivity index (χ2n) is 2.90. The van der Waals surface area contributed by atoms with Crippen LogP contribution in [0.25, 0.3) is 0 Å². The molecule has 0 spiro atoms. The summed E-state index contributed by atoms with van der Waals surface area (Å²) in [6.07, 6.45) is 0.824. The van der Waals surface area contributed by atoms with Crippen molar-refractivity contribution in [3.8, 4) is 0 Å². The van der Waals surface area contributed by atoms with E-state index in [2.05, 4.69) is 6.58 Å². The summed E-state index contributed by atoms with van der Waals surface area (Å²) >= 11 is 0. The topological polar surface area (TPSA) is 55.8 Å². The summed E-state index contributed by atoms with van der Waals surface area (Å²) in [7, 11) is 0. The van der Waals surface area contributed by atoms with Gasteiger partial charge >= 0.3 is 5.97 Å². The van der Waals surface area contributed by atoms with Crippen molar-refractivity contribution in [1.29, 1.82) is 0 Å². The summed E-state index contributed by atoms with van der Waals surface area (Å²) in [5.74, 6) is -1.08. The number of hydrogen-bond donors (Lipinski definition) is 1. The summed E-state index contributed by atoms with van der Waals surface area (Å²) < 4.78 is 10.4. The first-order valence-electron chi connectivity index (χ1n) is 4.78. The number of carboxylic acids is 1. The zero-order valence-corrected chi connectivity index (χ0v) is 8.78. The molecular formula is C10H18O4. The van der Waals surface area contributed by atoms with E-state index in [1.54, 1.807) is 0 Å². The van der Waals surface area contributed by atoms with Crippen molar-refractivity contribution in [2.45, 2.75) is 33.0 Å². The van der Waals surface area contributed by atoms with Crippen molar-refractivity contribution in [2.24, 2.45) is 0 Å². The lowest BCUT2D eigenvalue weighted by molar-refractivity contribution is -0.147. The summed E-state index contributed by atoms with van der Waals surface area (Å²) in [6.45, 7) is 8.25. The Kier molecular flexibility index (Phi) is 7.06. The van der Waals surface area contributed by atoms with E-state index >= 15 is 0 Å². The van der Waals surface area contributed by atoms with Crippen LogP contribution in [-0.4, -0.2) is 30.6 Å². The maximum atomic E-state index is 10.6. The quantitative estimate of drug-likeness (QED) is 0.481. The third kappa shape index (κ3) is 4.99. The molecule has 0 aromatic rings. The minimum atomic E-state index is -1.08. The zero-order valence-electron chi connectivity index (χ0n) is 8.78. The molecule has 0 aromatic heterocycles. The van der Waals surface area contributed by atoms with Crippen LogP contribution >= 0.6 is 0 Å². The molecule has 0 saturated heterocycles. The fraction of sp³-hybridized carbons (Fsp3) is 0.700. The Morgan fingerprint density at radius 1 is 1.29 bits per heavy atom. The Morgan fingerprint density at radius 2 is 1.71 bits per heavy atom. The Bertz CT molecular complexity index is 181. The van der Waals surface area contributed by atoms with Crippen molar-refractivity contribution >= 4 is 5.97 Å². The maximum absolute atomic E-state index is 10.6. The van der Waals surface area contributed by atoms with E-state index in [0.717, 1.165) is 12.8 Å². The highest BCUT2D eigenvalue weighted by atomic mass is 16.7. The van der Waals surface area contributed by atoms with Crippen molar-refractivity contribution in [3.05, 3.63) is 12.2 Å². The van der Waals surface area contributed by atoms with Gasteiger partial charge < -0.3 is 14.6 Å². The van der Waals surface area contributed by atoms with Gasteiger partial charge in [0.2, 0.25) is 0 Å². The molecule has 1 N–H and O–H groups in total. The van der Waals surface area contributed by atoms with Crippen LogP contribution in [0.5, 0.6) is 0 Å². The molecule has 0 rings (SSSR count). The summed E-state index contributed by atoms with van der Waals surface area (Å²) in [5.41, 5.74) is -0.0492. The van der Waals surface area contributed by atoms with Gasteiger partial charge in [0.25, 0.3) is 0 Å². The van der Waals surface area contributed by atoms with E-state index in [1.165, 1.54) is 0 Å². The van der Waals surface area contributed by atoms with Crippen LogP contribution in [0.15, 0.2) is 12.2 Å². The molecule has 0 atom stereocenters. The van der Waals surface area contributed by atoms with Crippen molar-refractivity contribution in [2.75, 3.05) is 13.2 Å². The fourth-order valence-corrected chi connectivity index (χ4v) is 0.800. The third-order valence-corrected chi connectivity index (χ3v) is 1.51. The molecule has 0 aliphatic carbocycles. The van der Waals surface area contributed by atoms with Gasteiger partial charge in [0, 0.05) is 13.2 Å². The predicted molar refractivity (Wildman–Crippen MR) is 53.0 cm³/mol. The smallest absolute Gasteiger partial charge is 0.336 e. The molecule has 0 fully saturated rings. The van der Waals surface area contributed by atoms with Gasteiger partial charge in [-0.1, -0.05) is 20.4 Å². The number of hydrogen-bond acceptors (Lipinski definition) is 3. The van der Waals surface area contributed by atoms with E-state index in [0.29, 0.717) is 13.2 Å². The normalized spacial score (nSPS) is 10.5. The molecule has 0 aromatic carbocycles. The van der Waals surface area contributed by atoms with Gasteiger partial charge in [0.05, 0.1) is 5.57 Å². The zero-order chi connectivity index (χ0) is 11.0. The molecule has 82 valence electrons. The van der Waals surface area contributed by atoms with Gasteiger partial charge in [0.15, 0.2) is 6.29 Å². The van der Waals surface area contributed by atoms with Gasteiger partial charge in [0.1, 0.15) is 0 Å². The second kappa shape index (κ2) is 7.53. The minimum Gasteiger partial charge on any atom is -0.478 e. The number of rotatable bonds is 8. The Hall–Kier alpha value is -0.870. The van der Waals surface area contributed by atoms with Gasteiger partial charge in [-0.2, -0.15) is 0 Å². The average molecular weight is 202 g/mol. The first kappa shape index (κ1) is 13.1. The number of ether oxygens (including phenoxy) is 2. The SMILES string of the molecule is C=C(C(=O)O)C(OCCC)OCCC. The highest BCUT2D eigenvalue weighted by Gasteiger charge is 2.18. The lowest BCUT2D eigenvalue weighted by Crippen LogP contribution is -2.24. The molecule has 4 heteroatoms. The molecule has 0 aliphatic heterocycles. The largest absolute Gasteiger partial charge is 0.478 e. The first-order chi connectivity index (χ1) is 6.63. The maximum Gasteiger partial charge on any atom is 0.336 e. The average Bonchev–Trinajstić information content (AvgIpc) is 2.17. The van der Waals surface area contributed by atoms with Gasteiger partial charge in [-0.15, -0.1) is 0 Å². The molecule has 0 radical (unpaired) electrons. The standard InChI is InChI=1S/C10H18O4/c1-4-6-13-10(14-7-5-2)8(3)9(11)12/h10H,3-7H2,1-2H3,(H,11,12). The molecule has 4 nitrogen and oxygen atoms in total. The van der Waals surface area contributed by atoms with Crippen LogP contribution in [0.4, 0.5) is 0 Å². The molecule has 0 aliphatic rings. The molecular weight excluding hydrogens is 184 g/mol. The Balaban J connectivity index is 4.08. The van der Waals surface area contributed by atoms with Crippen LogP contribution in [0.3, 0.4) is 0 Å². The van der Waals surface area contributed by atoms with E-state index < -0.39 is 12.3 Å². The Labute approximate surface area is 84.5 Å². The van der Waals surface area contributed by atoms with Gasteiger partial charge in [-0.25, -0.2) is 4.79 Å². The van der Waals surface area contributed by atoms with Crippen molar-refractivity contribution in [3.63, 3.8) is 0 Å². The second-order valence-corrected chi connectivity index (χ2v) is 2.90. The number of carbonyl (C=O) groups is 1. The van der Waals surface area contributed by atoms with Crippen molar-refractivity contribution in [1.82, 2.24) is 0 Å². The van der Waals surface area contributed by atoms with E-state index in [-0.39, 0.29) is 5.57 Å². The Morgan fingerprint density at radius 3 is 2.00 bits per heavy atom. The van der Waals surface area contributed by atoms with Crippen LogP contribution in [0.2, 0.25) is 0 Å². The monoisotopic (exact) mass is 202 g/mol. The summed E-state index contributed by atoms with van der Waals surface area (Å²) in [6, 6.07) is 0. The van der Waals surface area contributed by atoms with Gasteiger partial charge in [-0.3, -0.25) is 0 Å². The number of aliphatic carboxylic acids is 1. The van der Waals surface area contributed by atoms with E-state index in [4.69, 9.17) is 14.6 Å². The molecule has 0 amide bonds. The first-order valence-corrected chi connectivity index (χ1v) is 4.78. The minimum absolute atomic E-state index is 0.0492. The molecule has 0 bridgehead atoms. The van der Waals surface area contributed by atoms with Crippen LogP contribution in [0.1, 0.15) is 26.7 Å². The van der Waals surface area contributed by atoms with E-state index in [1.807, 2.05) is 13.8 Å². The van der Waals surface area contributed by atoms with Crippen molar-refractivity contribution < 1.29 is 19.4 Å². The molecule has 14 heavy (non-hydrogen) atoms. The molecule has 0 unspecified atom stereocenters. The predicted octanol–water partition coefficient (Wildman–Crippen LogP) is 1.81. The summed E-state index contributed by atoms with van der Waals surface area (Å²) in [5, 5.41) is 8.69. The third-order valence-electron chi connectivity index (χ3n) is 1.51. The molecule has 0 saturated carbocycles. The highest BCUT2D eigenvalue weighted by Crippen LogP contribution is 2.08. The fourth-order valence-electron chi connectivity index (χ4n) is 0.800. The summed E-state index contributed by atoms with van der Waals surface area (Å²) in [4.78, 5) is 10.6. The highest BCUT2D eigenvalue weighted by molar-refractivity contribution is 5.86.